The zero-order valence-electron chi connectivity index (χ0n) is 17.1. The highest BCUT2D eigenvalue weighted by Gasteiger charge is 2.25. The van der Waals surface area contributed by atoms with Crippen LogP contribution in [0.3, 0.4) is 0 Å². The number of aryl methyl sites for hydroxylation is 1. The van der Waals surface area contributed by atoms with E-state index in [1.165, 1.54) is 12.0 Å². The quantitative estimate of drug-likeness (QED) is 0.535. The summed E-state index contributed by atoms with van der Waals surface area (Å²) in [4.78, 5) is 33.0. The molecule has 7 heteroatoms. The van der Waals surface area contributed by atoms with Gasteiger partial charge in [0.1, 0.15) is 0 Å². The molecule has 2 aromatic carbocycles. The van der Waals surface area contributed by atoms with Crippen molar-refractivity contribution in [3.8, 4) is 0 Å². The van der Waals surface area contributed by atoms with E-state index < -0.39 is 6.09 Å². The van der Waals surface area contributed by atoms with E-state index >= 15 is 0 Å². The molecule has 0 fully saturated rings. The molecule has 0 aliphatic carbocycles. The van der Waals surface area contributed by atoms with Gasteiger partial charge in [-0.2, -0.15) is 0 Å². The lowest BCUT2D eigenvalue weighted by atomic mass is 10.1. The summed E-state index contributed by atoms with van der Waals surface area (Å²) in [6, 6.07) is 16.3. The molecule has 1 aliphatic rings. The number of nitrogens with zero attached hydrogens (tertiary/aromatic N) is 3. The summed E-state index contributed by atoms with van der Waals surface area (Å²) in [5, 5.41) is 0.271. The number of aromatic nitrogens is 1. The molecule has 31 heavy (non-hydrogen) atoms. The topological polar surface area (TPSA) is 62.7 Å². The molecule has 1 aromatic heterocycles. The first-order valence-corrected chi connectivity index (χ1v) is 10.5. The Morgan fingerprint density at radius 1 is 1.03 bits per heavy atom. The first-order chi connectivity index (χ1) is 15.1. The van der Waals surface area contributed by atoms with Gasteiger partial charge in [0, 0.05) is 24.6 Å². The Balaban J connectivity index is 1.69. The fourth-order valence-electron chi connectivity index (χ4n) is 3.81. The maximum Gasteiger partial charge on any atom is 0.418 e. The Morgan fingerprint density at radius 2 is 1.81 bits per heavy atom. The minimum atomic E-state index is -0.567. The van der Waals surface area contributed by atoms with Crippen molar-refractivity contribution >= 4 is 40.7 Å². The fraction of sp³-hybridized carbons (Fsp3) is 0.208. The fourth-order valence-corrected chi connectivity index (χ4v) is 4.06. The van der Waals surface area contributed by atoms with Crippen molar-refractivity contribution in [2.45, 2.75) is 19.3 Å². The number of carbonyl (C=O) groups excluding carboxylic acids is 2. The number of methoxy groups -OCH3 is 1. The number of hydrogen-bond acceptors (Lipinski definition) is 4. The number of anilines is 3. The molecular weight excluding hydrogens is 414 g/mol. The summed E-state index contributed by atoms with van der Waals surface area (Å²) in [5.74, 6) is -0.153. The number of halogens is 1. The van der Waals surface area contributed by atoms with Gasteiger partial charge in [0.15, 0.2) is 0 Å². The molecule has 2 amide bonds. The van der Waals surface area contributed by atoms with Gasteiger partial charge < -0.3 is 9.64 Å². The van der Waals surface area contributed by atoms with E-state index in [1.54, 1.807) is 47.6 Å². The first-order valence-electron chi connectivity index (χ1n) is 10.1. The van der Waals surface area contributed by atoms with E-state index in [2.05, 4.69) is 11.1 Å². The molecule has 2 heterocycles. The van der Waals surface area contributed by atoms with E-state index in [-0.39, 0.29) is 10.9 Å². The van der Waals surface area contributed by atoms with E-state index in [0.717, 1.165) is 30.5 Å². The minimum absolute atomic E-state index is 0.153. The van der Waals surface area contributed by atoms with Gasteiger partial charge in [-0.05, 0) is 61.2 Å². The third-order valence-electron chi connectivity index (χ3n) is 5.32. The van der Waals surface area contributed by atoms with Gasteiger partial charge in [0.25, 0.3) is 5.91 Å². The smallest absolute Gasteiger partial charge is 0.418 e. The van der Waals surface area contributed by atoms with E-state index in [4.69, 9.17) is 16.3 Å². The maximum absolute atomic E-state index is 13.4. The third-order valence-corrected chi connectivity index (χ3v) is 5.64. The number of fused-ring (bicyclic) bond motifs is 1. The number of benzene rings is 2. The predicted octanol–water partition coefficient (Wildman–Crippen LogP) is 5.62. The van der Waals surface area contributed by atoms with Crippen LogP contribution in [0, 0.1) is 0 Å². The normalized spacial score (nSPS) is 13.2. The highest BCUT2D eigenvalue weighted by molar-refractivity contribution is 6.35. The van der Waals surface area contributed by atoms with Crippen molar-refractivity contribution in [1.29, 1.82) is 0 Å². The van der Waals surface area contributed by atoms with E-state index in [0.29, 0.717) is 23.5 Å². The molecular formula is C24H22ClN3O3. The van der Waals surface area contributed by atoms with Crippen molar-refractivity contribution < 1.29 is 14.3 Å². The summed E-state index contributed by atoms with van der Waals surface area (Å²) < 4.78 is 4.94. The number of hydrogen-bond donors (Lipinski definition) is 0. The first kappa shape index (κ1) is 20.9. The van der Waals surface area contributed by atoms with Gasteiger partial charge in [0.2, 0.25) is 0 Å². The van der Waals surface area contributed by atoms with Crippen molar-refractivity contribution in [2.75, 3.05) is 23.5 Å². The van der Waals surface area contributed by atoms with E-state index in [1.807, 2.05) is 18.2 Å². The number of para-hydroxylation sites is 1. The summed E-state index contributed by atoms with van der Waals surface area (Å²) in [7, 11) is 1.31. The lowest BCUT2D eigenvalue weighted by Gasteiger charge is -2.25. The number of rotatable bonds is 3. The van der Waals surface area contributed by atoms with Crippen LogP contribution < -0.4 is 9.80 Å². The second-order valence-corrected chi connectivity index (χ2v) is 7.62. The van der Waals surface area contributed by atoms with Crippen LogP contribution >= 0.6 is 11.6 Å². The SMILES string of the molecule is COC(=O)N(c1ccncc1)c1ccc(C(=O)N2CCCCc3ccccc32)c(Cl)c1. The average Bonchev–Trinajstić information content (AvgIpc) is 3.02. The molecule has 0 N–H and O–H groups in total. The lowest BCUT2D eigenvalue weighted by Crippen LogP contribution is -2.32. The van der Waals surface area contributed by atoms with Crippen LogP contribution in [0.4, 0.5) is 21.9 Å². The summed E-state index contributed by atoms with van der Waals surface area (Å²) >= 11 is 6.55. The van der Waals surface area contributed by atoms with Crippen LogP contribution in [0.2, 0.25) is 5.02 Å². The second-order valence-electron chi connectivity index (χ2n) is 7.22. The number of pyridine rings is 1. The van der Waals surface area contributed by atoms with Crippen LogP contribution in [0.15, 0.2) is 67.0 Å². The Bertz CT molecular complexity index is 1100. The molecule has 4 rings (SSSR count). The summed E-state index contributed by atoms with van der Waals surface area (Å²) in [5.41, 5.74) is 3.56. The standard InChI is InChI=1S/C24H22ClN3O3/c1-31-24(30)28(18-11-13-26-14-12-18)19-9-10-20(21(25)16-19)23(29)27-15-5-4-7-17-6-2-3-8-22(17)27/h2-3,6,8-14,16H,4-5,7,15H2,1H3. The van der Waals surface area contributed by atoms with Crippen LogP contribution in [0.5, 0.6) is 0 Å². The van der Waals surface area contributed by atoms with Gasteiger partial charge in [-0.25, -0.2) is 9.69 Å². The zero-order chi connectivity index (χ0) is 21.8. The monoisotopic (exact) mass is 435 g/mol. The molecule has 3 aromatic rings. The van der Waals surface area contributed by atoms with Crippen molar-refractivity contribution in [3.05, 3.63) is 83.1 Å². The van der Waals surface area contributed by atoms with E-state index in [9.17, 15) is 9.59 Å². The number of ether oxygens (including phenoxy) is 1. The molecule has 158 valence electrons. The highest BCUT2D eigenvalue weighted by Crippen LogP contribution is 2.33. The Kier molecular flexibility index (Phi) is 6.18. The van der Waals surface area contributed by atoms with Crippen LogP contribution in [-0.2, 0) is 11.2 Å². The minimum Gasteiger partial charge on any atom is -0.452 e. The van der Waals surface area contributed by atoms with Gasteiger partial charge in [-0.3, -0.25) is 9.78 Å². The molecule has 0 saturated heterocycles. The average molecular weight is 436 g/mol. The summed E-state index contributed by atoms with van der Waals surface area (Å²) in [6.07, 6.45) is 5.51. The van der Waals surface area contributed by atoms with Crippen LogP contribution in [-0.4, -0.2) is 30.6 Å². The van der Waals surface area contributed by atoms with Gasteiger partial charge >= 0.3 is 6.09 Å². The molecule has 0 spiro atoms. The molecule has 0 saturated carbocycles. The highest BCUT2D eigenvalue weighted by atomic mass is 35.5. The molecule has 0 radical (unpaired) electrons. The molecule has 0 bridgehead atoms. The maximum atomic E-state index is 13.4. The van der Waals surface area contributed by atoms with Crippen molar-refractivity contribution in [2.24, 2.45) is 0 Å². The van der Waals surface area contributed by atoms with Crippen molar-refractivity contribution in [1.82, 2.24) is 4.98 Å². The van der Waals surface area contributed by atoms with Crippen molar-refractivity contribution in [3.63, 3.8) is 0 Å². The molecule has 0 unspecified atom stereocenters. The van der Waals surface area contributed by atoms with Gasteiger partial charge in [-0.15, -0.1) is 0 Å². The zero-order valence-corrected chi connectivity index (χ0v) is 17.9. The number of carbonyl (C=O) groups is 2. The Morgan fingerprint density at radius 3 is 2.55 bits per heavy atom. The Labute approximate surface area is 186 Å². The molecule has 0 atom stereocenters. The second kappa shape index (κ2) is 9.18. The molecule has 1 aliphatic heterocycles. The lowest BCUT2D eigenvalue weighted by molar-refractivity contribution is 0.0987. The largest absolute Gasteiger partial charge is 0.452 e. The number of amides is 2. The third kappa shape index (κ3) is 4.25. The van der Waals surface area contributed by atoms with Crippen LogP contribution in [0.25, 0.3) is 0 Å². The Hall–Kier alpha value is -3.38. The van der Waals surface area contributed by atoms with Crippen LogP contribution in [0.1, 0.15) is 28.8 Å². The van der Waals surface area contributed by atoms with Gasteiger partial charge in [-0.1, -0.05) is 29.8 Å². The van der Waals surface area contributed by atoms with Gasteiger partial charge in [0.05, 0.1) is 29.1 Å². The summed E-state index contributed by atoms with van der Waals surface area (Å²) in [6.45, 7) is 0.638. The molecule has 6 nitrogen and oxygen atoms in total. The predicted molar refractivity (Wildman–Crippen MR) is 121 cm³/mol.